The minimum absolute atomic E-state index is 0.217. The molecule has 0 atom stereocenters. The quantitative estimate of drug-likeness (QED) is 0.356. The Bertz CT molecular complexity index is 1100. The number of anilines is 2. The van der Waals surface area contributed by atoms with Gasteiger partial charge >= 0.3 is 0 Å². The fourth-order valence-electron chi connectivity index (χ4n) is 2.65. The van der Waals surface area contributed by atoms with E-state index in [0.29, 0.717) is 16.4 Å². The van der Waals surface area contributed by atoms with Crippen LogP contribution in [0.25, 0.3) is 0 Å². The van der Waals surface area contributed by atoms with Crippen LogP contribution in [0.2, 0.25) is 5.02 Å². The first kappa shape index (κ1) is 23.6. The molecule has 3 amide bonds. The molecule has 3 rings (SSSR count). The molecular formula is C23H19ClIN3O4. The first-order valence-electron chi connectivity index (χ1n) is 9.51. The van der Waals surface area contributed by atoms with Gasteiger partial charge in [0.05, 0.1) is 12.1 Å². The molecule has 0 spiro atoms. The molecule has 3 aromatic carbocycles. The monoisotopic (exact) mass is 563 g/mol. The van der Waals surface area contributed by atoms with Crippen LogP contribution in [-0.4, -0.2) is 30.9 Å². The molecule has 9 heteroatoms. The second-order valence-electron chi connectivity index (χ2n) is 6.58. The Morgan fingerprint density at radius 3 is 2.09 bits per heavy atom. The van der Waals surface area contributed by atoms with Crippen molar-refractivity contribution in [1.82, 2.24) is 5.32 Å². The molecule has 0 radical (unpaired) electrons. The number of amides is 3. The van der Waals surface area contributed by atoms with Gasteiger partial charge in [0, 0.05) is 20.0 Å². The molecule has 32 heavy (non-hydrogen) atoms. The van der Waals surface area contributed by atoms with Crippen LogP contribution in [0, 0.1) is 3.57 Å². The molecule has 3 N–H and O–H groups in total. The highest BCUT2D eigenvalue weighted by Crippen LogP contribution is 2.18. The van der Waals surface area contributed by atoms with Crippen LogP contribution in [-0.2, 0) is 9.59 Å². The summed E-state index contributed by atoms with van der Waals surface area (Å²) in [6.45, 7) is -0.504. The lowest BCUT2D eigenvalue weighted by atomic mass is 10.2. The molecular weight excluding hydrogens is 545 g/mol. The standard InChI is InChI=1S/C23H19ClIN3O4/c24-15-5-9-17(10-6-15)27-21(29)13-26-23(31)19-3-1-2-4-20(19)32-14-22(30)28-18-11-7-16(25)8-12-18/h1-12H,13-14H2,(H,26,31)(H,27,29)(H,28,30). The van der Waals surface area contributed by atoms with Crippen molar-refractivity contribution in [3.8, 4) is 5.75 Å². The molecule has 0 bridgehead atoms. The number of carbonyl (C=O) groups excluding carboxylic acids is 3. The van der Waals surface area contributed by atoms with Gasteiger partial charge in [0.25, 0.3) is 11.8 Å². The van der Waals surface area contributed by atoms with Crippen molar-refractivity contribution >= 4 is 63.3 Å². The van der Waals surface area contributed by atoms with E-state index in [9.17, 15) is 14.4 Å². The van der Waals surface area contributed by atoms with Crippen LogP contribution in [0.15, 0.2) is 72.8 Å². The lowest BCUT2D eigenvalue weighted by Crippen LogP contribution is -2.33. The van der Waals surface area contributed by atoms with Gasteiger partial charge in [-0.25, -0.2) is 0 Å². The van der Waals surface area contributed by atoms with Crippen molar-refractivity contribution in [3.63, 3.8) is 0 Å². The van der Waals surface area contributed by atoms with Crippen LogP contribution in [0.1, 0.15) is 10.4 Å². The molecule has 3 aromatic rings. The van der Waals surface area contributed by atoms with E-state index in [-0.39, 0.29) is 30.4 Å². The Kier molecular flexibility index (Phi) is 8.46. The second-order valence-corrected chi connectivity index (χ2v) is 8.26. The SMILES string of the molecule is O=C(CNC(=O)c1ccccc1OCC(=O)Nc1ccc(I)cc1)Nc1ccc(Cl)cc1. The number of ether oxygens (including phenoxy) is 1. The summed E-state index contributed by atoms with van der Waals surface area (Å²) in [4.78, 5) is 36.8. The third-order valence-corrected chi connectivity index (χ3v) is 5.13. The van der Waals surface area contributed by atoms with Gasteiger partial charge in [-0.1, -0.05) is 23.7 Å². The number of hydrogen-bond donors (Lipinski definition) is 3. The number of nitrogens with one attached hydrogen (secondary N) is 3. The largest absolute Gasteiger partial charge is 0.483 e. The van der Waals surface area contributed by atoms with Gasteiger partial charge in [-0.15, -0.1) is 0 Å². The number of rotatable bonds is 8. The molecule has 0 aliphatic carbocycles. The van der Waals surface area contributed by atoms with Gasteiger partial charge in [0.1, 0.15) is 5.75 Å². The fraction of sp³-hybridized carbons (Fsp3) is 0.0870. The predicted octanol–water partition coefficient (Wildman–Crippen LogP) is 4.33. The molecule has 0 aliphatic rings. The van der Waals surface area contributed by atoms with Gasteiger partial charge in [0.2, 0.25) is 5.91 Å². The number of halogens is 2. The average Bonchev–Trinajstić information content (AvgIpc) is 2.79. The molecule has 0 heterocycles. The number of carbonyl (C=O) groups is 3. The lowest BCUT2D eigenvalue weighted by Gasteiger charge is -2.12. The van der Waals surface area contributed by atoms with Crippen molar-refractivity contribution in [3.05, 3.63) is 87.0 Å². The summed E-state index contributed by atoms with van der Waals surface area (Å²) in [7, 11) is 0. The second kappa shape index (κ2) is 11.5. The Morgan fingerprint density at radius 1 is 0.812 bits per heavy atom. The van der Waals surface area contributed by atoms with Crippen LogP contribution < -0.4 is 20.7 Å². The minimum atomic E-state index is -0.495. The van der Waals surface area contributed by atoms with Crippen LogP contribution >= 0.6 is 34.2 Å². The van der Waals surface area contributed by atoms with E-state index in [1.165, 1.54) is 0 Å². The molecule has 0 saturated carbocycles. The molecule has 0 fully saturated rings. The summed E-state index contributed by atoms with van der Waals surface area (Å²) in [5.41, 5.74) is 1.43. The number of para-hydroxylation sites is 1. The Balaban J connectivity index is 1.52. The third kappa shape index (κ3) is 7.24. The van der Waals surface area contributed by atoms with Crippen molar-refractivity contribution in [2.75, 3.05) is 23.8 Å². The van der Waals surface area contributed by atoms with Crippen molar-refractivity contribution < 1.29 is 19.1 Å². The summed E-state index contributed by atoms with van der Waals surface area (Å²) in [5.74, 6) is -1.01. The summed E-state index contributed by atoms with van der Waals surface area (Å²) >= 11 is 7.99. The average molecular weight is 564 g/mol. The molecule has 7 nitrogen and oxygen atoms in total. The maximum atomic E-state index is 12.5. The van der Waals surface area contributed by atoms with E-state index in [1.807, 2.05) is 12.1 Å². The summed E-state index contributed by atoms with van der Waals surface area (Å²) in [5, 5.41) is 8.49. The van der Waals surface area contributed by atoms with Crippen LogP contribution in [0.3, 0.4) is 0 Å². The van der Waals surface area contributed by atoms with E-state index in [0.717, 1.165) is 3.57 Å². The highest BCUT2D eigenvalue weighted by atomic mass is 127. The highest BCUT2D eigenvalue weighted by molar-refractivity contribution is 14.1. The Labute approximate surface area is 203 Å². The van der Waals surface area contributed by atoms with E-state index in [4.69, 9.17) is 16.3 Å². The van der Waals surface area contributed by atoms with E-state index in [1.54, 1.807) is 60.7 Å². The van der Waals surface area contributed by atoms with Crippen molar-refractivity contribution in [2.24, 2.45) is 0 Å². The summed E-state index contributed by atoms with van der Waals surface area (Å²) < 4.78 is 6.60. The van der Waals surface area contributed by atoms with E-state index >= 15 is 0 Å². The number of benzene rings is 3. The molecule has 0 aromatic heterocycles. The van der Waals surface area contributed by atoms with E-state index in [2.05, 4.69) is 38.5 Å². The van der Waals surface area contributed by atoms with Gasteiger partial charge in [0.15, 0.2) is 6.61 Å². The van der Waals surface area contributed by atoms with Crippen molar-refractivity contribution in [2.45, 2.75) is 0 Å². The molecule has 164 valence electrons. The maximum absolute atomic E-state index is 12.5. The fourth-order valence-corrected chi connectivity index (χ4v) is 3.13. The maximum Gasteiger partial charge on any atom is 0.262 e. The van der Waals surface area contributed by atoms with Gasteiger partial charge < -0.3 is 20.7 Å². The Hall–Kier alpha value is -3.11. The summed E-state index contributed by atoms with van der Waals surface area (Å²) in [6, 6.07) is 20.4. The zero-order valence-corrected chi connectivity index (χ0v) is 19.6. The third-order valence-electron chi connectivity index (χ3n) is 4.16. The molecule has 0 aliphatic heterocycles. The van der Waals surface area contributed by atoms with Crippen molar-refractivity contribution in [1.29, 1.82) is 0 Å². The van der Waals surface area contributed by atoms with Crippen LogP contribution in [0.5, 0.6) is 5.75 Å². The first-order chi connectivity index (χ1) is 15.4. The van der Waals surface area contributed by atoms with Crippen LogP contribution in [0.4, 0.5) is 11.4 Å². The molecule has 0 saturated heterocycles. The van der Waals surface area contributed by atoms with Gasteiger partial charge in [-0.2, -0.15) is 0 Å². The Morgan fingerprint density at radius 2 is 1.41 bits per heavy atom. The lowest BCUT2D eigenvalue weighted by molar-refractivity contribution is -0.118. The summed E-state index contributed by atoms with van der Waals surface area (Å²) in [6.07, 6.45) is 0. The smallest absolute Gasteiger partial charge is 0.262 e. The normalized spacial score (nSPS) is 10.2. The predicted molar refractivity (Wildman–Crippen MR) is 132 cm³/mol. The van der Waals surface area contributed by atoms with E-state index < -0.39 is 11.8 Å². The van der Waals surface area contributed by atoms with Gasteiger partial charge in [-0.3, -0.25) is 14.4 Å². The first-order valence-corrected chi connectivity index (χ1v) is 11.0. The van der Waals surface area contributed by atoms with Gasteiger partial charge in [-0.05, 0) is 83.3 Å². The molecule has 0 unspecified atom stereocenters. The highest BCUT2D eigenvalue weighted by Gasteiger charge is 2.14. The number of hydrogen-bond acceptors (Lipinski definition) is 4. The zero-order chi connectivity index (χ0) is 22.9. The topological polar surface area (TPSA) is 96.5 Å². The zero-order valence-electron chi connectivity index (χ0n) is 16.7. The minimum Gasteiger partial charge on any atom is -0.483 e.